The first kappa shape index (κ1) is 13.7. The smallest absolute Gasteiger partial charge is 0.226 e. The fourth-order valence-electron chi connectivity index (χ4n) is 1.62. The number of aromatic hydroxyl groups is 1. The van der Waals surface area contributed by atoms with Crippen LogP contribution >= 0.6 is 11.8 Å². The Kier molecular flexibility index (Phi) is 4.27. The van der Waals surface area contributed by atoms with Gasteiger partial charge in [0.05, 0.1) is 5.75 Å². The molecule has 0 bridgehead atoms. The molecule has 0 aliphatic rings. The van der Waals surface area contributed by atoms with Crippen LogP contribution in [0.25, 0.3) is 0 Å². The highest BCUT2D eigenvalue weighted by Gasteiger charge is 2.12. The van der Waals surface area contributed by atoms with Crippen molar-refractivity contribution in [2.75, 3.05) is 0 Å². The van der Waals surface area contributed by atoms with E-state index in [-0.39, 0.29) is 11.1 Å². The van der Waals surface area contributed by atoms with Gasteiger partial charge in [0, 0.05) is 16.9 Å². The van der Waals surface area contributed by atoms with Crippen LogP contribution in [0.4, 0.5) is 4.39 Å². The van der Waals surface area contributed by atoms with Gasteiger partial charge in [0.1, 0.15) is 17.8 Å². The molecule has 5 heteroatoms. The van der Waals surface area contributed by atoms with Crippen molar-refractivity contribution >= 4 is 11.8 Å². The van der Waals surface area contributed by atoms with Crippen LogP contribution in [-0.2, 0) is 5.75 Å². The maximum absolute atomic E-state index is 13.6. The van der Waals surface area contributed by atoms with Crippen LogP contribution in [0.2, 0.25) is 0 Å². The lowest BCUT2D eigenvalue weighted by atomic mass is 10.1. The largest absolute Gasteiger partial charge is 0.502 e. The molecule has 1 N–H and O–H groups in total. The van der Waals surface area contributed by atoms with E-state index in [2.05, 4.69) is 0 Å². The van der Waals surface area contributed by atoms with Gasteiger partial charge in [-0.3, -0.25) is 4.79 Å². The molecule has 2 aromatic rings. The predicted molar refractivity (Wildman–Crippen MR) is 72.8 cm³/mol. The van der Waals surface area contributed by atoms with Gasteiger partial charge in [0.25, 0.3) is 0 Å². The van der Waals surface area contributed by atoms with Gasteiger partial charge in [-0.15, -0.1) is 11.8 Å². The molecule has 1 heterocycles. The normalized spacial score (nSPS) is 12.3. The SMILES string of the molecule is C[C@@H](SCc1cc(=O)c(O)co1)c1ccccc1F. The molecule has 0 amide bonds. The maximum Gasteiger partial charge on any atom is 0.226 e. The third kappa shape index (κ3) is 3.38. The van der Waals surface area contributed by atoms with E-state index in [9.17, 15) is 9.18 Å². The Hall–Kier alpha value is -1.75. The first-order valence-corrected chi connectivity index (χ1v) is 6.79. The Morgan fingerprint density at radius 2 is 2.16 bits per heavy atom. The van der Waals surface area contributed by atoms with Crippen LogP contribution in [0.1, 0.15) is 23.5 Å². The Morgan fingerprint density at radius 1 is 1.42 bits per heavy atom. The van der Waals surface area contributed by atoms with Crippen LogP contribution in [0.3, 0.4) is 0 Å². The second-order valence-corrected chi connectivity index (χ2v) is 5.40. The molecule has 0 spiro atoms. The molecule has 19 heavy (non-hydrogen) atoms. The first-order valence-electron chi connectivity index (χ1n) is 5.74. The highest BCUT2D eigenvalue weighted by Crippen LogP contribution is 2.32. The first-order chi connectivity index (χ1) is 9.08. The van der Waals surface area contributed by atoms with E-state index in [4.69, 9.17) is 9.52 Å². The summed E-state index contributed by atoms with van der Waals surface area (Å²) in [6.07, 6.45) is 1.02. The van der Waals surface area contributed by atoms with Crippen molar-refractivity contribution in [2.45, 2.75) is 17.9 Å². The Bertz CT molecular complexity index is 624. The van der Waals surface area contributed by atoms with Gasteiger partial charge in [0.2, 0.25) is 5.43 Å². The molecule has 1 aromatic carbocycles. The summed E-state index contributed by atoms with van der Waals surface area (Å²) in [6, 6.07) is 7.84. The van der Waals surface area contributed by atoms with E-state index in [1.807, 2.05) is 6.92 Å². The van der Waals surface area contributed by atoms with Gasteiger partial charge in [0.15, 0.2) is 5.75 Å². The predicted octanol–water partition coefficient (Wildman–Crippen LogP) is 3.48. The molecule has 0 aliphatic heterocycles. The van der Waals surface area contributed by atoms with Crippen molar-refractivity contribution in [3.63, 3.8) is 0 Å². The van der Waals surface area contributed by atoms with Crippen molar-refractivity contribution in [2.24, 2.45) is 0 Å². The third-order valence-corrected chi connectivity index (χ3v) is 3.89. The van der Waals surface area contributed by atoms with Crippen molar-refractivity contribution in [1.82, 2.24) is 0 Å². The van der Waals surface area contributed by atoms with Crippen LogP contribution in [-0.4, -0.2) is 5.11 Å². The van der Waals surface area contributed by atoms with E-state index in [0.29, 0.717) is 17.1 Å². The van der Waals surface area contributed by atoms with Gasteiger partial charge in [-0.25, -0.2) is 4.39 Å². The van der Waals surface area contributed by atoms with E-state index in [1.165, 1.54) is 23.9 Å². The number of thioether (sulfide) groups is 1. The molecule has 0 fully saturated rings. The second-order valence-electron chi connectivity index (χ2n) is 4.07. The summed E-state index contributed by atoms with van der Waals surface area (Å²) in [5.41, 5.74) is 0.147. The van der Waals surface area contributed by atoms with E-state index in [1.54, 1.807) is 18.2 Å². The standard InChI is InChI=1S/C14H13FO3S/c1-9(11-4-2-3-5-12(11)15)19-8-10-6-13(16)14(17)7-18-10/h2-7,9,17H,8H2,1H3/t9-/m1/s1. The summed E-state index contributed by atoms with van der Waals surface area (Å²) in [7, 11) is 0. The van der Waals surface area contributed by atoms with Crippen LogP contribution < -0.4 is 5.43 Å². The quantitative estimate of drug-likeness (QED) is 0.931. The Morgan fingerprint density at radius 3 is 2.84 bits per heavy atom. The Labute approximate surface area is 114 Å². The van der Waals surface area contributed by atoms with Gasteiger partial charge in [-0.05, 0) is 13.0 Å². The molecule has 2 rings (SSSR count). The van der Waals surface area contributed by atoms with Crippen LogP contribution in [0.5, 0.6) is 5.75 Å². The average Bonchev–Trinajstić information content (AvgIpc) is 2.40. The molecule has 100 valence electrons. The number of hydrogen-bond donors (Lipinski definition) is 1. The van der Waals surface area contributed by atoms with Crippen molar-refractivity contribution in [3.05, 3.63) is 64.0 Å². The lowest BCUT2D eigenvalue weighted by molar-refractivity contribution is 0.419. The van der Waals surface area contributed by atoms with Crippen LogP contribution in [0, 0.1) is 5.82 Å². The molecule has 1 atom stereocenters. The molecule has 0 saturated carbocycles. The van der Waals surface area contributed by atoms with Crippen LogP contribution in [0.15, 0.2) is 45.8 Å². The highest BCUT2D eigenvalue weighted by atomic mass is 32.2. The van der Waals surface area contributed by atoms with Gasteiger partial charge in [-0.1, -0.05) is 18.2 Å². The molecule has 0 aliphatic carbocycles. The highest BCUT2D eigenvalue weighted by molar-refractivity contribution is 7.98. The minimum absolute atomic E-state index is 0.0553. The van der Waals surface area contributed by atoms with Gasteiger partial charge < -0.3 is 9.52 Å². The van der Waals surface area contributed by atoms with Gasteiger partial charge >= 0.3 is 0 Å². The summed E-state index contributed by atoms with van der Waals surface area (Å²) in [5.74, 6) is 0.243. The molecule has 0 saturated heterocycles. The molecular formula is C14H13FO3S. The monoisotopic (exact) mass is 280 g/mol. The van der Waals surface area contributed by atoms with Crippen molar-refractivity contribution in [1.29, 1.82) is 0 Å². The second kappa shape index (κ2) is 5.93. The van der Waals surface area contributed by atoms with E-state index >= 15 is 0 Å². The number of hydrogen-bond acceptors (Lipinski definition) is 4. The maximum atomic E-state index is 13.6. The minimum atomic E-state index is -0.472. The van der Waals surface area contributed by atoms with Crippen molar-refractivity contribution in [3.8, 4) is 5.75 Å². The fraction of sp³-hybridized carbons (Fsp3) is 0.214. The van der Waals surface area contributed by atoms with Gasteiger partial charge in [-0.2, -0.15) is 0 Å². The Balaban J connectivity index is 2.04. The number of rotatable bonds is 4. The number of halogens is 1. The molecule has 3 nitrogen and oxygen atoms in total. The zero-order valence-corrected chi connectivity index (χ0v) is 11.1. The lowest BCUT2D eigenvalue weighted by Crippen LogP contribution is -2.00. The van der Waals surface area contributed by atoms with Crippen molar-refractivity contribution < 1.29 is 13.9 Å². The zero-order valence-electron chi connectivity index (χ0n) is 10.3. The fourth-order valence-corrected chi connectivity index (χ4v) is 2.56. The topological polar surface area (TPSA) is 50.4 Å². The summed E-state index contributed by atoms with van der Waals surface area (Å²) < 4.78 is 18.7. The van der Waals surface area contributed by atoms with E-state index < -0.39 is 11.2 Å². The summed E-state index contributed by atoms with van der Waals surface area (Å²) in [5, 5.41) is 9.02. The molecule has 0 unspecified atom stereocenters. The summed E-state index contributed by atoms with van der Waals surface area (Å²) in [6.45, 7) is 1.89. The molecular weight excluding hydrogens is 267 g/mol. The van der Waals surface area contributed by atoms with E-state index in [0.717, 1.165) is 6.26 Å². The summed E-state index contributed by atoms with van der Waals surface area (Å²) in [4.78, 5) is 11.2. The zero-order chi connectivity index (χ0) is 13.8. The molecule has 1 aromatic heterocycles. The molecule has 0 radical (unpaired) electrons. The minimum Gasteiger partial charge on any atom is -0.502 e. The third-order valence-electron chi connectivity index (χ3n) is 2.69. The number of benzene rings is 1. The lowest BCUT2D eigenvalue weighted by Gasteiger charge is -2.11. The summed E-state index contributed by atoms with van der Waals surface area (Å²) >= 11 is 1.46. The average molecular weight is 280 g/mol.